The highest BCUT2D eigenvalue weighted by atomic mass is 31.2. The normalized spacial score (nSPS) is 20.9. The van der Waals surface area contributed by atoms with Crippen LogP contribution in [0.5, 0.6) is 0 Å². The third-order valence-electron chi connectivity index (χ3n) is 6.82. The lowest BCUT2D eigenvalue weighted by Gasteiger charge is -2.43. The van der Waals surface area contributed by atoms with E-state index < -0.39 is 29.5 Å². The van der Waals surface area contributed by atoms with E-state index in [4.69, 9.17) is 13.6 Å². The second-order valence-electron chi connectivity index (χ2n) is 9.81. The number of esters is 1. The third-order valence-corrected chi connectivity index (χ3v) is 15.6. The molecule has 0 aromatic heterocycles. The first-order valence-electron chi connectivity index (χ1n) is 13.4. The summed E-state index contributed by atoms with van der Waals surface area (Å²) in [5.41, 5.74) is 2.18. The molecule has 1 aliphatic heterocycles. The number of hydrogen-bond donors (Lipinski definition) is 0. The average molecular weight is 585 g/mol. The Balaban J connectivity index is 1.97. The predicted octanol–water partition coefficient (Wildman–Crippen LogP) is 7.72. The number of benzene rings is 4. The van der Waals surface area contributed by atoms with Crippen LogP contribution in [-0.4, -0.2) is 33.3 Å². The molecule has 1 heterocycles. The lowest BCUT2D eigenvalue weighted by Crippen LogP contribution is -2.50. The molecule has 7 heteroatoms. The standard InChI is InChI=1S/C33H34O4P2Si/c1-5-36-32(34)33(37-40(3,4)35-2)38(28-22-14-8-15-23-28)30(26-18-10-6-11-19-26)31(27-20-12-7-13-21-27)39(33)29-24-16-9-17-25-29/h6-25H,5H2,1-4H3. The van der Waals surface area contributed by atoms with Crippen LogP contribution in [0.15, 0.2) is 121 Å². The lowest BCUT2D eigenvalue weighted by molar-refractivity contribution is -0.150. The van der Waals surface area contributed by atoms with Crippen LogP contribution in [0.1, 0.15) is 18.1 Å². The Morgan fingerprint density at radius 3 is 1.40 bits per heavy atom. The molecule has 204 valence electrons. The molecule has 4 nitrogen and oxygen atoms in total. The van der Waals surface area contributed by atoms with Crippen molar-refractivity contribution in [3.8, 4) is 0 Å². The van der Waals surface area contributed by atoms with E-state index in [1.807, 2.05) is 68.5 Å². The van der Waals surface area contributed by atoms with E-state index in [2.05, 4.69) is 72.8 Å². The Hall–Kier alpha value is -2.91. The van der Waals surface area contributed by atoms with Crippen molar-refractivity contribution in [1.82, 2.24) is 0 Å². The van der Waals surface area contributed by atoms with Gasteiger partial charge in [0.25, 0.3) is 0 Å². The molecule has 40 heavy (non-hydrogen) atoms. The van der Waals surface area contributed by atoms with Gasteiger partial charge in [-0.1, -0.05) is 121 Å². The Morgan fingerprint density at radius 2 is 1.05 bits per heavy atom. The molecule has 0 saturated carbocycles. The van der Waals surface area contributed by atoms with E-state index in [-0.39, 0.29) is 12.6 Å². The van der Waals surface area contributed by atoms with Crippen molar-refractivity contribution in [3.63, 3.8) is 0 Å². The summed E-state index contributed by atoms with van der Waals surface area (Å²) in [5.74, 6) is -0.322. The minimum Gasteiger partial charge on any atom is -0.463 e. The Labute approximate surface area is 240 Å². The summed E-state index contributed by atoms with van der Waals surface area (Å²) in [5, 5.41) is 3.15. The summed E-state index contributed by atoms with van der Waals surface area (Å²) in [7, 11) is -3.95. The lowest BCUT2D eigenvalue weighted by atomic mass is 10.1. The van der Waals surface area contributed by atoms with Gasteiger partial charge in [-0.25, -0.2) is 4.79 Å². The van der Waals surface area contributed by atoms with Gasteiger partial charge in [0.05, 0.1) is 6.61 Å². The fraction of sp³-hybridized carbons (Fsp3) is 0.182. The summed E-state index contributed by atoms with van der Waals surface area (Å²) in [4.78, 5) is 14.7. The highest BCUT2D eigenvalue weighted by Crippen LogP contribution is 2.84. The smallest absolute Gasteiger partial charge is 0.347 e. The monoisotopic (exact) mass is 584 g/mol. The minimum absolute atomic E-state index is 0.260. The Morgan fingerprint density at radius 1 is 0.675 bits per heavy atom. The largest absolute Gasteiger partial charge is 0.463 e. The molecule has 2 unspecified atom stereocenters. The van der Waals surface area contributed by atoms with Gasteiger partial charge in [-0.3, -0.25) is 0 Å². The molecule has 0 spiro atoms. The summed E-state index contributed by atoms with van der Waals surface area (Å²) < 4.78 is 19.3. The molecular formula is C33H34O4P2Si. The van der Waals surface area contributed by atoms with Gasteiger partial charge < -0.3 is 13.6 Å². The predicted molar refractivity (Wildman–Crippen MR) is 171 cm³/mol. The number of carbonyl (C=O) groups excluding carboxylic acids is 1. The number of ether oxygens (including phenoxy) is 1. The zero-order chi connectivity index (χ0) is 28.2. The number of carbonyl (C=O) groups is 1. The molecule has 4 aromatic carbocycles. The quantitative estimate of drug-likeness (QED) is 0.115. The first-order valence-corrected chi connectivity index (χ1v) is 18.9. The van der Waals surface area contributed by atoms with Gasteiger partial charge in [-0.2, -0.15) is 0 Å². The second-order valence-corrected chi connectivity index (χ2v) is 18.1. The van der Waals surface area contributed by atoms with Crippen LogP contribution in [0, 0.1) is 0 Å². The topological polar surface area (TPSA) is 44.8 Å². The van der Waals surface area contributed by atoms with Gasteiger partial charge in [0.15, 0.2) is 0 Å². The maximum Gasteiger partial charge on any atom is 0.347 e. The van der Waals surface area contributed by atoms with Gasteiger partial charge in [0.2, 0.25) is 5.08 Å². The molecule has 4 aromatic rings. The Kier molecular flexibility index (Phi) is 8.80. The van der Waals surface area contributed by atoms with E-state index >= 15 is 0 Å². The third kappa shape index (κ3) is 5.38. The van der Waals surface area contributed by atoms with Crippen LogP contribution in [-0.2, 0) is 18.4 Å². The van der Waals surface area contributed by atoms with E-state index in [0.717, 1.165) is 32.4 Å². The van der Waals surface area contributed by atoms with E-state index in [0.29, 0.717) is 0 Å². The fourth-order valence-corrected chi connectivity index (χ4v) is 15.4. The molecule has 0 bridgehead atoms. The molecule has 0 N–H and O–H groups in total. The van der Waals surface area contributed by atoms with Crippen LogP contribution in [0.4, 0.5) is 0 Å². The Bertz CT molecular complexity index is 1370. The van der Waals surface area contributed by atoms with E-state index in [1.54, 1.807) is 7.11 Å². The van der Waals surface area contributed by atoms with Gasteiger partial charge in [0.1, 0.15) is 0 Å². The molecule has 5 rings (SSSR count). The zero-order valence-corrected chi connectivity index (χ0v) is 26.1. The van der Waals surface area contributed by atoms with Crippen molar-refractivity contribution in [3.05, 3.63) is 132 Å². The molecular weight excluding hydrogens is 550 g/mol. The van der Waals surface area contributed by atoms with Crippen molar-refractivity contribution in [2.75, 3.05) is 13.7 Å². The van der Waals surface area contributed by atoms with Crippen LogP contribution >= 0.6 is 15.8 Å². The summed E-state index contributed by atoms with van der Waals surface area (Å²) in [6, 6.07) is 41.6. The van der Waals surface area contributed by atoms with Crippen LogP contribution in [0.3, 0.4) is 0 Å². The van der Waals surface area contributed by atoms with Gasteiger partial charge in [-0.15, -0.1) is 0 Å². The molecule has 2 atom stereocenters. The molecule has 0 radical (unpaired) electrons. The molecule has 0 saturated heterocycles. The summed E-state index contributed by atoms with van der Waals surface area (Å²) >= 11 is 0. The van der Waals surface area contributed by atoms with Crippen molar-refractivity contribution >= 4 is 51.6 Å². The first kappa shape index (κ1) is 28.6. The highest BCUT2D eigenvalue weighted by Gasteiger charge is 2.65. The van der Waals surface area contributed by atoms with Crippen LogP contribution in [0.2, 0.25) is 13.1 Å². The molecule has 0 fully saturated rings. The van der Waals surface area contributed by atoms with Crippen LogP contribution < -0.4 is 10.6 Å². The number of rotatable bonds is 9. The van der Waals surface area contributed by atoms with Gasteiger partial charge in [-0.05, 0) is 41.8 Å². The fourth-order valence-electron chi connectivity index (χ4n) is 5.03. The van der Waals surface area contributed by atoms with E-state index in [9.17, 15) is 4.79 Å². The number of hydrogen-bond acceptors (Lipinski definition) is 4. The maximum atomic E-state index is 14.7. The van der Waals surface area contributed by atoms with Crippen molar-refractivity contribution < 1.29 is 18.4 Å². The minimum atomic E-state index is -2.81. The van der Waals surface area contributed by atoms with Crippen molar-refractivity contribution in [2.24, 2.45) is 0 Å². The van der Waals surface area contributed by atoms with Crippen LogP contribution in [0.25, 0.3) is 10.6 Å². The summed E-state index contributed by atoms with van der Waals surface area (Å²) in [6.45, 7) is 6.14. The summed E-state index contributed by atoms with van der Waals surface area (Å²) in [6.07, 6.45) is 0. The van der Waals surface area contributed by atoms with Crippen molar-refractivity contribution in [1.29, 1.82) is 0 Å². The SMILES string of the molecule is CCOC(=O)C1(O[Si](C)(C)OC)P(c2ccccc2)C(c2ccccc2)=C(c2ccccc2)P1c1ccccc1. The maximum absolute atomic E-state index is 14.7. The molecule has 1 aliphatic rings. The highest BCUT2D eigenvalue weighted by molar-refractivity contribution is 7.99. The van der Waals surface area contributed by atoms with Gasteiger partial charge >= 0.3 is 14.5 Å². The van der Waals surface area contributed by atoms with Gasteiger partial charge in [0, 0.05) is 33.6 Å². The van der Waals surface area contributed by atoms with Crippen molar-refractivity contribution in [2.45, 2.75) is 25.1 Å². The molecule has 0 aliphatic carbocycles. The first-order chi connectivity index (χ1) is 19.4. The molecule has 0 amide bonds. The zero-order valence-electron chi connectivity index (χ0n) is 23.3. The second kappa shape index (κ2) is 12.3. The van der Waals surface area contributed by atoms with E-state index in [1.165, 1.54) is 0 Å². The average Bonchev–Trinajstić information content (AvgIpc) is 3.30.